The van der Waals surface area contributed by atoms with Gasteiger partial charge >= 0.3 is 0 Å². The van der Waals surface area contributed by atoms with Crippen LogP contribution in [0.3, 0.4) is 0 Å². The van der Waals surface area contributed by atoms with Crippen LogP contribution in [0.25, 0.3) is 0 Å². The minimum absolute atomic E-state index is 0.148. The van der Waals surface area contributed by atoms with Crippen molar-refractivity contribution in [2.45, 2.75) is 11.4 Å². The van der Waals surface area contributed by atoms with E-state index >= 15 is 0 Å². The Morgan fingerprint density at radius 1 is 1.13 bits per heavy atom. The fraction of sp³-hybridized carbons (Fsp3) is 0.400. The van der Waals surface area contributed by atoms with E-state index in [4.69, 9.17) is 10.7 Å². The van der Waals surface area contributed by atoms with Crippen LogP contribution in [-0.4, -0.2) is 34.0 Å². The predicted molar refractivity (Wildman–Crippen MR) is 61.2 cm³/mol. The van der Waals surface area contributed by atoms with Crippen molar-refractivity contribution in [3.63, 3.8) is 0 Å². The molecule has 0 N–H and O–H groups in total. The molecule has 84 valence electrons. The maximum atomic E-state index is 11.0. The Morgan fingerprint density at radius 2 is 1.60 bits per heavy atom. The largest absolute Gasteiger partial charge is 0.327 e. The van der Waals surface area contributed by atoms with Gasteiger partial charge in [0.25, 0.3) is 9.05 Å². The molecule has 3 nitrogen and oxygen atoms in total. The van der Waals surface area contributed by atoms with E-state index in [0.717, 1.165) is 16.6 Å². The molecule has 0 unspecified atom stereocenters. The minimum atomic E-state index is -3.60. The number of nitrogens with zero attached hydrogens (tertiary/aromatic N) is 1. The van der Waals surface area contributed by atoms with Crippen LogP contribution in [0, 0.1) is 0 Å². The summed E-state index contributed by atoms with van der Waals surface area (Å²) in [5.41, 5.74) is 1.09. The quantitative estimate of drug-likeness (QED) is 0.604. The van der Waals surface area contributed by atoms with E-state index < -0.39 is 9.05 Å². The number of hydrogen-bond acceptors (Lipinski definition) is 2. The summed E-state index contributed by atoms with van der Waals surface area (Å²) >= 11 is 0. The summed E-state index contributed by atoms with van der Waals surface area (Å²) < 4.78 is 22.8. The third-order valence-corrected chi connectivity index (χ3v) is 3.23. The Labute approximate surface area is 95.3 Å². The fourth-order valence-electron chi connectivity index (χ4n) is 1.31. The second-order valence-corrected chi connectivity index (χ2v) is 7.10. The molecular formula is C10H15ClNO2S+. The molecule has 5 heteroatoms. The number of rotatable bonds is 3. The van der Waals surface area contributed by atoms with Crippen LogP contribution in [0.4, 0.5) is 0 Å². The zero-order valence-corrected chi connectivity index (χ0v) is 10.6. The third kappa shape index (κ3) is 4.20. The first-order valence-electron chi connectivity index (χ1n) is 4.52. The van der Waals surface area contributed by atoms with Crippen LogP contribution >= 0.6 is 10.7 Å². The third-order valence-electron chi connectivity index (χ3n) is 1.86. The van der Waals surface area contributed by atoms with Gasteiger partial charge in [-0.1, -0.05) is 12.1 Å². The Kier molecular flexibility index (Phi) is 3.43. The van der Waals surface area contributed by atoms with Gasteiger partial charge in [-0.3, -0.25) is 0 Å². The zero-order chi connectivity index (χ0) is 11.7. The summed E-state index contributed by atoms with van der Waals surface area (Å²) in [7, 11) is 7.84. The van der Waals surface area contributed by atoms with E-state index in [1.807, 2.05) is 0 Å². The summed E-state index contributed by atoms with van der Waals surface area (Å²) in [4.78, 5) is 0.148. The van der Waals surface area contributed by atoms with Crippen LogP contribution in [0.1, 0.15) is 5.56 Å². The molecule has 1 aromatic carbocycles. The molecule has 15 heavy (non-hydrogen) atoms. The number of benzene rings is 1. The van der Waals surface area contributed by atoms with Gasteiger partial charge in [-0.2, -0.15) is 0 Å². The van der Waals surface area contributed by atoms with Crippen LogP contribution < -0.4 is 0 Å². The van der Waals surface area contributed by atoms with Crippen molar-refractivity contribution in [2.75, 3.05) is 21.1 Å². The second kappa shape index (κ2) is 4.12. The smallest absolute Gasteiger partial charge is 0.261 e. The molecule has 0 aliphatic heterocycles. The summed E-state index contributed by atoms with van der Waals surface area (Å²) in [6, 6.07) is 6.65. The van der Waals surface area contributed by atoms with Crippen molar-refractivity contribution in [2.24, 2.45) is 0 Å². The molecule has 0 saturated carbocycles. The van der Waals surface area contributed by atoms with E-state index in [9.17, 15) is 8.42 Å². The van der Waals surface area contributed by atoms with Gasteiger partial charge < -0.3 is 4.48 Å². The van der Waals surface area contributed by atoms with Gasteiger partial charge in [0, 0.05) is 16.2 Å². The molecule has 0 heterocycles. The summed E-state index contributed by atoms with van der Waals surface area (Å²) in [5, 5.41) is 0. The van der Waals surface area contributed by atoms with E-state index in [1.165, 1.54) is 12.1 Å². The van der Waals surface area contributed by atoms with Crippen molar-refractivity contribution in [1.82, 2.24) is 0 Å². The van der Waals surface area contributed by atoms with Crippen molar-refractivity contribution in [1.29, 1.82) is 0 Å². The van der Waals surface area contributed by atoms with E-state index in [-0.39, 0.29) is 4.90 Å². The number of hydrogen-bond donors (Lipinski definition) is 0. The van der Waals surface area contributed by atoms with Gasteiger partial charge in [0.15, 0.2) is 0 Å². The average molecular weight is 249 g/mol. The molecule has 0 aliphatic carbocycles. The highest BCUT2D eigenvalue weighted by Gasteiger charge is 2.12. The second-order valence-electron chi connectivity index (χ2n) is 4.53. The summed E-state index contributed by atoms with van der Waals surface area (Å²) in [6.45, 7) is 0.850. The molecule has 1 aromatic rings. The molecule has 0 fully saturated rings. The molecule has 1 rings (SSSR count). The van der Waals surface area contributed by atoms with Crippen molar-refractivity contribution in [3.05, 3.63) is 29.8 Å². The molecule has 0 atom stereocenters. The van der Waals surface area contributed by atoms with Crippen molar-refractivity contribution >= 4 is 19.7 Å². The predicted octanol–water partition coefficient (Wildman–Crippen LogP) is 1.82. The van der Waals surface area contributed by atoms with Gasteiger partial charge in [-0.05, 0) is 12.1 Å². The minimum Gasteiger partial charge on any atom is -0.327 e. The van der Waals surface area contributed by atoms with Crippen LogP contribution in [0.5, 0.6) is 0 Å². The Bertz CT molecular complexity index is 431. The highest BCUT2D eigenvalue weighted by molar-refractivity contribution is 8.13. The first-order valence-corrected chi connectivity index (χ1v) is 6.83. The number of halogens is 1. The standard InChI is InChI=1S/C10H15ClNO2S/c1-12(2,3)8-9-4-6-10(7-5-9)15(11,13)14/h4-7H,8H2,1-3H3/q+1. The lowest BCUT2D eigenvalue weighted by Crippen LogP contribution is -2.33. The molecular weight excluding hydrogens is 234 g/mol. The van der Waals surface area contributed by atoms with Gasteiger partial charge in [0.1, 0.15) is 6.54 Å². The van der Waals surface area contributed by atoms with E-state index in [1.54, 1.807) is 12.1 Å². The van der Waals surface area contributed by atoms with E-state index in [0.29, 0.717) is 0 Å². The lowest BCUT2D eigenvalue weighted by Gasteiger charge is -2.23. The topological polar surface area (TPSA) is 34.1 Å². The van der Waals surface area contributed by atoms with Crippen molar-refractivity contribution in [3.8, 4) is 0 Å². The first-order chi connectivity index (χ1) is 6.68. The molecule has 0 saturated heterocycles. The first kappa shape index (κ1) is 12.5. The highest BCUT2D eigenvalue weighted by Crippen LogP contribution is 2.16. The fourth-order valence-corrected chi connectivity index (χ4v) is 2.07. The SMILES string of the molecule is C[N+](C)(C)Cc1ccc(S(=O)(=O)Cl)cc1. The summed E-state index contributed by atoms with van der Waals surface area (Å²) in [5.74, 6) is 0. The van der Waals surface area contributed by atoms with Crippen LogP contribution in [0.2, 0.25) is 0 Å². The summed E-state index contributed by atoms with van der Waals surface area (Å²) in [6.07, 6.45) is 0. The van der Waals surface area contributed by atoms with Crippen molar-refractivity contribution < 1.29 is 12.9 Å². The van der Waals surface area contributed by atoms with Gasteiger partial charge in [-0.15, -0.1) is 0 Å². The Balaban J connectivity index is 2.92. The molecule has 0 amide bonds. The molecule has 0 aliphatic rings. The zero-order valence-electron chi connectivity index (χ0n) is 9.07. The van der Waals surface area contributed by atoms with Gasteiger partial charge in [0.05, 0.1) is 26.0 Å². The lowest BCUT2D eigenvalue weighted by molar-refractivity contribution is -0.884. The molecule has 0 radical (unpaired) electrons. The maximum absolute atomic E-state index is 11.0. The molecule has 0 bridgehead atoms. The monoisotopic (exact) mass is 248 g/mol. The van der Waals surface area contributed by atoms with Gasteiger partial charge in [-0.25, -0.2) is 8.42 Å². The Morgan fingerprint density at radius 3 is 1.93 bits per heavy atom. The maximum Gasteiger partial charge on any atom is 0.261 e. The Hall–Kier alpha value is -0.580. The lowest BCUT2D eigenvalue weighted by atomic mass is 10.2. The molecule has 0 aromatic heterocycles. The number of quaternary nitrogens is 1. The highest BCUT2D eigenvalue weighted by atomic mass is 35.7. The molecule has 0 spiro atoms. The van der Waals surface area contributed by atoms with E-state index in [2.05, 4.69) is 21.1 Å². The normalized spacial score (nSPS) is 12.8. The van der Waals surface area contributed by atoms with Crippen LogP contribution in [-0.2, 0) is 15.6 Å². The van der Waals surface area contributed by atoms with Gasteiger partial charge in [0.2, 0.25) is 0 Å². The van der Waals surface area contributed by atoms with Crippen LogP contribution in [0.15, 0.2) is 29.2 Å². The average Bonchev–Trinajstić information content (AvgIpc) is 2.00.